The third-order valence-corrected chi connectivity index (χ3v) is 4.93. The Kier molecular flexibility index (Phi) is 6.89. The summed E-state index contributed by atoms with van der Waals surface area (Å²) in [6.07, 6.45) is -9.30. The lowest BCUT2D eigenvalue weighted by Gasteiger charge is -2.23. The number of ether oxygens (including phenoxy) is 1. The molecule has 0 aromatic carbocycles. The van der Waals surface area contributed by atoms with Gasteiger partial charge in [-0.2, -0.15) is 18.4 Å². The van der Waals surface area contributed by atoms with Gasteiger partial charge in [0.2, 0.25) is 0 Å². The highest BCUT2D eigenvalue weighted by Gasteiger charge is 2.45. The first-order chi connectivity index (χ1) is 13.7. The number of rotatable bonds is 5. The van der Waals surface area contributed by atoms with E-state index in [-0.39, 0.29) is 19.4 Å². The lowest BCUT2D eigenvalue weighted by molar-refractivity contribution is -0.141. The van der Waals surface area contributed by atoms with Gasteiger partial charge in [0.25, 0.3) is 6.43 Å². The van der Waals surface area contributed by atoms with Gasteiger partial charge in [-0.15, -0.1) is 0 Å². The number of hydrogen-bond acceptors (Lipinski definition) is 4. The smallest absolute Gasteiger partial charge is 0.434 e. The third-order valence-electron chi connectivity index (χ3n) is 4.21. The normalized spacial score (nSPS) is 17.8. The fraction of sp³-hybridized carbons (Fsp3) is 0.500. The first-order valence-corrected chi connectivity index (χ1v) is 9.29. The number of alkyl halides is 7. The molecular formula is C18H15Cl2F5N2O3. The van der Waals surface area contributed by atoms with Crippen LogP contribution in [0.2, 0.25) is 0 Å². The summed E-state index contributed by atoms with van der Waals surface area (Å²) in [6, 6.07) is 1.52. The van der Waals surface area contributed by atoms with Crippen LogP contribution in [0.25, 0.3) is 5.57 Å². The van der Waals surface area contributed by atoms with Crippen LogP contribution < -0.4 is 0 Å². The monoisotopic (exact) mass is 472 g/mol. The Bertz CT molecular complexity index is 937. The van der Waals surface area contributed by atoms with Crippen LogP contribution in [0.15, 0.2) is 5.76 Å². The van der Waals surface area contributed by atoms with Crippen LogP contribution in [-0.4, -0.2) is 27.0 Å². The van der Waals surface area contributed by atoms with Crippen molar-refractivity contribution in [2.75, 3.05) is 6.61 Å². The van der Waals surface area contributed by atoms with Crippen LogP contribution in [0.5, 0.6) is 0 Å². The predicted octanol–water partition coefficient (Wildman–Crippen LogP) is 5.76. The fourth-order valence-electron chi connectivity index (χ4n) is 3.11. The molecule has 1 fully saturated rings. The topological polar surface area (TPSA) is 83.2 Å². The van der Waals surface area contributed by atoms with Crippen molar-refractivity contribution in [3.05, 3.63) is 33.8 Å². The van der Waals surface area contributed by atoms with Gasteiger partial charge in [0.15, 0.2) is 15.8 Å². The van der Waals surface area contributed by atoms with E-state index in [0.717, 1.165) is 0 Å². The van der Waals surface area contributed by atoms with E-state index in [1.807, 2.05) is 0 Å². The third kappa shape index (κ3) is 4.62. The van der Waals surface area contributed by atoms with Gasteiger partial charge in [0, 0.05) is 12.0 Å². The van der Waals surface area contributed by atoms with Gasteiger partial charge in [0.05, 0.1) is 12.2 Å². The molecule has 1 aliphatic rings. The number of nitriles is 1. The number of aromatic carboxylic acids is 1. The molecule has 0 unspecified atom stereocenters. The van der Waals surface area contributed by atoms with Crippen LogP contribution in [0.3, 0.4) is 0 Å². The molecule has 0 atom stereocenters. The molecule has 30 heavy (non-hydrogen) atoms. The molecule has 1 saturated heterocycles. The molecule has 12 heteroatoms. The zero-order chi connectivity index (χ0) is 23.0. The summed E-state index contributed by atoms with van der Waals surface area (Å²) in [4.78, 5) is 14.7. The molecule has 2 heterocycles. The molecule has 1 aliphatic heterocycles. The van der Waals surface area contributed by atoms with E-state index in [2.05, 4.69) is 4.98 Å². The number of allylic oxidation sites excluding steroid dienone is 2. The van der Waals surface area contributed by atoms with Crippen molar-refractivity contribution in [1.29, 1.82) is 5.26 Å². The van der Waals surface area contributed by atoms with Crippen molar-refractivity contribution in [1.82, 2.24) is 4.98 Å². The van der Waals surface area contributed by atoms with Crippen molar-refractivity contribution < 1.29 is 36.6 Å². The summed E-state index contributed by atoms with van der Waals surface area (Å²) in [5.74, 6) is -2.87. The number of hydrogen-bond donors (Lipinski definition) is 1. The molecule has 164 valence electrons. The van der Waals surface area contributed by atoms with Crippen molar-refractivity contribution >= 4 is 34.7 Å². The molecule has 0 saturated carbocycles. The molecule has 1 aromatic heterocycles. The SMILES string of the molecule is CC(C)Cc1c(C(=O)O)c(C(F)F)nc(C(F)(F)F)c1/C(C#N)=C1\OCCC1(Cl)Cl. The van der Waals surface area contributed by atoms with Crippen LogP contribution in [0, 0.1) is 17.2 Å². The molecule has 0 bridgehead atoms. The number of carboxylic acids is 1. The van der Waals surface area contributed by atoms with E-state index in [1.54, 1.807) is 13.8 Å². The van der Waals surface area contributed by atoms with Gasteiger partial charge in [-0.05, 0) is 17.9 Å². The van der Waals surface area contributed by atoms with Gasteiger partial charge < -0.3 is 9.84 Å². The van der Waals surface area contributed by atoms with Gasteiger partial charge in [-0.3, -0.25) is 0 Å². The van der Waals surface area contributed by atoms with Crippen molar-refractivity contribution in [3.63, 3.8) is 0 Å². The van der Waals surface area contributed by atoms with Gasteiger partial charge >= 0.3 is 12.1 Å². The Balaban J connectivity index is 3.13. The first-order valence-electron chi connectivity index (χ1n) is 8.53. The second-order valence-corrected chi connectivity index (χ2v) is 8.38. The minimum atomic E-state index is -5.29. The molecule has 5 nitrogen and oxygen atoms in total. The largest absolute Gasteiger partial charge is 0.493 e. The number of carboxylic acid groups (broad SMARTS) is 1. The molecule has 0 radical (unpaired) electrons. The number of halogens is 7. The van der Waals surface area contributed by atoms with Crippen molar-refractivity contribution in [2.24, 2.45) is 5.92 Å². The Morgan fingerprint density at radius 2 is 1.93 bits per heavy atom. The molecule has 0 aliphatic carbocycles. The summed E-state index contributed by atoms with van der Waals surface area (Å²) in [5.41, 5.74) is -6.84. The summed E-state index contributed by atoms with van der Waals surface area (Å²) in [6.45, 7) is 2.98. The fourth-order valence-corrected chi connectivity index (χ4v) is 3.57. The quantitative estimate of drug-likeness (QED) is 0.334. The Labute approximate surface area is 178 Å². The summed E-state index contributed by atoms with van der Waals surface area (Å²) in [5, 5.41) is 19.1. The maximum absolute atomic E-state index is 13.8. The summed E-state index contributed by atoms with van der Waals surface area (Å²) >= 11 is 12.1. The molecule has 2 rings (SSSR count). The maximum Gasteiger partial charge on any atom is 0.434 e. The van der Waals surface area contributed by atoms with E-state index in [1.165, 1.54) is 6.07 Å². The van der Waals surface area contributed by atoms with Crippen LogP contribution >= 0.6 is 23.2 Å². The van der Waals surface area contributed by atoms with Crippen LogP contribution in [0.1, 0.15) is 59.6 Å². The first kappa shape index (κ1) is 24.2. The predicted molar refractivity (Wildman–Crippen MR) is 97.2 cm³/mol. The van der Waals surface area contributed by atoms with E-state index < -0.39 is 68.2 Å². The van der Waals surface area contributed by atoms with Crippen LogP contribution in [0.4, 0.5) is 22.0 Å². The van der Waals surface area contributed by atoms with Crippen molar-refractivity contribution in [3.8, 4) is 6.07 Å². The number of nitrogens with zero attached hydrogens (tertiary/aromatic N) is 2. The Morgan fingerprint density at radius 3 is 2.30 bits per heavy atom. The second-order valence-electron chi connectivity index (χ2n) is 6.89. The van der Waals surface area contributed by atoms with Gasteiger partial charge in [-0.1, -0.05) is 37.0 Å². The number of carbonyl (C=O) groups is 1. The minimum Gasteiger partial charge on any atom is -0.493 e. The maximum atomic E-state index is 13.8. The van der Waals surface area contributed by atoms with E-state index in [4.69, 9.17) is 27.9 Å². The zero-order valence-electron chi connectivity index (χ0n) is 15.6. The highest BCUT2D eigenvalue weighted by atomic mass is 35.5. The van der Waals surface area contributed by atoms with E-state index in [0.29, 0.717) is 0 Å². The second kappa shape index (κ2) is 8.55. The van der Waals surface area contributed by atoms with Gasteiger partial charge in [-0.25, -0.2) is 18.6 Å². The summed E-state index contributed by atoms with van der Waals surface area (Å²) < 4.78 is 71.8. The molecule has 0 amide bonds. The average Bonchev–Trinajstić information content (AvgIpc) is 2.93. The van der Waals surface area contributed by atoms with E-state index >= 15 is 0 Å². The average molecular weight is 473 g/mol. The molecule has 0 spiro atoms. The number of pyridine rings is 1. The van der Waals surface area contributed by atoms with Gasteiger partial charge in [0.1, 0.15) is 17.3 Å². The molecule has 1 aromatic rings. The lowest BCUT2D eigenvalue weighted by atomic mass is 9.87. The molecular weight excluding hydrogens is 458 g/mol. The summed E-state index contributed by atoms with van der Waals surface area (Å²) in [7, 11) is 0. The zero-order valence-corrected chi connectivity index (χ0v) is 17.1. The standard InChI is InChI=1S/C18H15Cl2F5N2O3/c1-7(2)5-8-10(9(6-26)14-17(19,20)3-4-30-14)13(18(23,24)25)27-12(15(21)22)11(8)16(28)29/h7,15H,3-5H2,1-2H3,(H,28,29)/b14-9-. The van der Waals surface area contributed by atoms with E-state index in [9.17, 15) is 37.1 Å². The lowest BCUT2D eigenvalue weighted by Crippen LogP contribution is -2.23. The Hall–Kier alpha value is -2.12. The number of aromatic nitrogens is 1. The Morgan fingerprint density at radius 1 is 1.33 bits per heavy atom. The highest BCUT2D eigenvalue weighted by molar-refractivity contribution is 6.51. The minimum absolute atomic E-state index is 0.0498. The highest BCUT2D eigenvalue weighted by Crippen LogP contribution is 2.47. The molecule has 1 N–H and O–H groups in total. The van der Waals surface area contributed by atoms with Crippen LogP contribution in [-0.2, 0) is 17.3 Å². The van der Waals surface area contributed by atoms with Crippen molar-refractivity contribution in [2.45, 2.75) is 43.6 Å².